The second kappa shape index (κ2) is 6.86. The molecule has 1 aliphatic carbocycles. The summed E-state index contributed by atoms with van der Waals surface area (Å²) < 4.78 is 5.91. The molecular formula is C18H25N3O2. The van der Waals surface area contributed by atoms with Crippen LogP contribution in [0.3, 0.4) is 0 Å². The third-order valence-corrected chi connectivity index (χ3v) is 4.13. The molecule has 0 aromatic heterocycles. The largest absolute Gasteiger partial charge is 0.489 e. The molecule has 2 rings (SSSR count). The van der Waals surface area contributed by atoms with Gasteiger partial charge in [-0.25, -0.2) is 0 Å². The van der Waals surface area contributed by atoms with Gasteiger partial charge in [-0.15, -0.1) is 0 Å². The maximum Gasteiger partial charge on any atom is 0.221 e. The lowest BCUT2D eigenvalue weighted by molar-refractivity contribution is -0.119. The van der Waals surface area contributed by atoms with E-state index in [1.807, 2.05) is 44.2 Å². The second-order valence-electron chi connectivity index (χ2n) is 6.39. The Kier molecular flexibility index (Phi) is 5.08. The molecular weight excluding hydrogens is 290 g/mol. The monoisotopic (exact) mass is 315 g/mol. The van der Waals surface area contributed by atoms with Gasteiger partial charge in [0.25, 0.3) is 0 Å². The zero-order valence-electron chi connectivity index (χ0n) is 14.0. The number of benzene rings is 1. The van der Waals surface area contributed by atoms with Crippen molar-refractivity contribution in [2.45, 2.75) is 38.6 Å². The number of carbonyl (C=O) groups is 1. The van der Waals surface area contributed by atoms with Gasteiger partial charge in [0, 0.05) is 17.2 Å². The standard InChI is InChI=1S/C18H25N3O2/c1-12(2)21-10-16(13(3)19)23-11-18(9-15(18)17(20)22)14-7-5-4-6-8-14/h4-8,10,12,15H,9,11,19H2,1-3H3,(H2,20,22)/b16-13+,21-10?/t15-,18+/m0/s1. The summed E-state index contributed by atoms with van der Waals surface area (Å²) in [6, 6.07) is 10.0. The first kappa shape index (κ1) is 17.1. The predicted molar refractivity (Wildman–Crippen MR) is 91.9 cm³/mol. The van der Waals surface area contributed by atoms with Crippen LogP contribution in [0.1, 0.15) is 32.8 Å². The van der Waals surface area contributed by atoms with E-state index in [1.54, 1.807) is 13.1 Å². The number of primary amides is 1. The van der Waals surface area contributed by atoms with Crippen molar-refractivity contribution in [2.24, 2.45) is 22.4 Å². The van der Waals surface area contributed by atoms with Gasteiger partial charge >= 0.3 is 0 Å². The lowest BCUT2D eigenvalue weighted by Crippen LogP contribution is -2.26. The van der Waals surface area contributed by atoms with Crippen molar-refractivity contribution in [1.29, 1.82) is 0 Å². The number of hydrogen-bond acceptors (Lipinski definition) is 4. The van der Waals surface area contributed by atoms with Crippen molar-refractivity contribution >= 4 is 12.1 Å². The van der Waals surface area contributed by atoms with Gasteiger partial charge in [0.15, 0.2) is 5.76 Å². The Labute approximate surface area is 137 Å². The fraction of sp³-hybridized carbons (Fsp3) is 0.444. The Morgan fingerprint density at radius 2 is 2.04 bits per heavy atom. The summed E-state index contributed by atoms with van der Waals surface area (Å²) in [5, 5.41) is 0. The minimum absolute atomic E-state index is 0.162. The highest BCUT2D eigenvalue weighted by Crippen LogP contribution is 2.54. The first-order chi connectivity index (χ1) is 10.9. The van der Waals surface area contributed by atoms with E-state index in [0.717, 1.165) is 5.56 Å². The number of nitrogens with two attached hydrogens (primary N) is 2. The van der Waals surface area contributed by atoms with Gasteiger partial charge in [-0.2, -0.15) is 0 Å². The summed E-state index contributed by atoms with van der Waals surface area (Å²) in [6.07, 6.45) is 2.35. The van der Waals surface area contributed by atoms with Crippen molar-refractivity contribution in [2.75, 3.05) is 6.61 Å². The summed E-state index contributed by atoms with van der Waals surface area (Å²) in [7, 11) is 0. The minimum atomic E-state index is -0.362. The Morgan fingerprint density at radius 3 is 2.52 bits per heavy atom. The first-order valence-corrected chi connectivity index (χ1v) is 7.84. The Hall–Kier alpha value is -2.30. The molecule has 1 amide bonds. The van der Waals surface area contributed by atoms with Gasteiger partial charge in [0.2, 0.25) is 5.91 Å². The highest BCUT2D eigenvalue weighted by Gasteiger charge is 2.59. The van der Waals surface area contributed by atoms with E-state index in [1.165, 1.54) is 0 Å². The number of ether oxygens (including phenoxy) is 1. The molecule has 1 saturated carbocycles. The quantitative estimate of drug-likeness (QED) is 0.596. The average molecular weight is 315 g/mol. The summed E-state index contributed by atoms with van der Waals surface area (Å²) in [5.74, 6) is 0.0543. The molecule has 1 aromatic carbocycles. The van der Waals surface area contributed by atoms with Gasteiger partial charge in [0.05, 0.1) is 18.7 Å². The average Bonchev–Trinajstić information content (AvgIpc) is 3.24. The van der Waals surface area contributed by atoms with Crippen molar-refractivity contribution < 1.29 is 9.53 Å². The van der Waals surface area contributed by atoms with Crippen molar-refractivity contribution in [3.8, 4) is 0 Å². The molecule has 5 nitrogen and oxygen atoms in total. The minimum Gasteiger partial charge on any atom is -0.489 e. The van der Waals surface area contributed by atoms with Crippen LogP contribution in [0.2, 0.25) is 0 Å². The molecule has 124 valence electrons. The van der Waals surface area contributed by atoms with Crippen molar-refractivity contribution in [1.82, 2.24) is 0 Å². The molecule has 1 aromatic rings. The molecule has 0 saturated heterocycles. The van der Waals surface area contributed by atoms with E-state index in [2.05, 4.69) is 4.99 Å². The number of rotatable bonds is 7. The zero-order valence-corrected chi connectivity index (χ0v) is 14.0. The molecule has 4 N–H and O–H groups in total. The second-order valence-corrected chi connectivity index (χ2v) is 6.39. The van der Waals surface area contributed by atoms with Crippen LogP contribution in [0.5, 0.6) is 0 Å². The maximum atomic E-state index is 11.6. The van der Waals surface area contributed by atoms with Gasteiger partial charge in [-0.1, -0.05) is 30.3 Å². The van der Waals surface area contributed by atoms with Crippen LogP contribution in [0.25, 0.3) is 0 Å². The van der Waals surface area contributed by atoms with Crippen molar-refractivity contribution in [3.63, 3.8) is 0 Å². The van der Waals surface area contributed by atoms with Crippen molar-refractivity contribution in [3.05, 3.63) is 47.4 Å². The van der Waals surface area contributed by atoms with E-state index in [0.29, 0.717) is 24.5 Å². The molecule has 0 unspecified atom stereocenters. The van der Waals surface area contributed by atoms with Crippen LogP contribution < -0.4 is 11.5 Å². The number of amides is 1. The fourth-order valence-corrected chi connectivity index (χ4v) is 2.69. The van der Waals surface area contributed by atoms with E-state index in [9.17, 15) is 4.79 Å². The van der Waals surface area contributed by atoms with E-state index < -0.39 is 0 Å². The first-order valence-electron chi connectivity index (χ1n) is 7.84. The topological polar surface area (TPSA) is 90.7 Å². The number of hydrogen-bond donors (Lipinski definition) is 2. The molecule has 23 heavy (non-hydrogen) atoms. The molecule has 2 atom stereocenters. The number of aliphatic imine (C=N–C) groups is 1. The van der Waals surface area contributed by atoms with Gasteiger partial charge in [0.1, 0.15) is 0 Å². The predicted octanol–water partition coefficient (Wildman–Crippen LogP) is 2.12. The Morgan fingerprint density at radius 1 is 1.39 bits per heavy atom. The highest BCUT2D eigenvalue weighted by molar-refractivity contribution is 5.83. The zero-order chi connectivity index (χ0) is 17.0. The van der Waals surface area contributed by atoms with Crippen LogP contribution in [-0.2, 0) is 14.9 Å². The van der Waals surface area contributed by atoms with Crippen LogP contribution >= 0.6 is 0 Å². The van der Waals surface area contributed by atoms with Crippen LogP contribution in [-0.4, -0.2) is 24.8 Å². The van der Waals surface area contributed by atoms with E-state index >= 15 is 0 Å². The third kappa shape index (κ3) is 3.92. The molecule has 1 fully saturated rings. The molecule has 0 aliphatic heterocycles. The molecule has 1 aliphatic rings. The SMILES string of the molecule is C/C(N)=C(/C=NC(C)C)OC[C@@]1(c2ccccc2)C[C@H]1C(N)=O. The molecule has 5 heteroatoms. The number of allylic oxidation sites excluding steroid dienone is 2. The molecule has 0 bridgehead atoms. The highest BCUT2D eigenvalue weighted by atomic mass is 16.5. The van der Waals surface area contributed by atoms with E-state index in [4.69, 9.17) is 16.2 Å². The van der Waals surface area contributed by atoms with Crippen LogP contribution in [0, 0.1) is 5.92 Å². The summed E-state index contributed by atoms with van der Waals surface area (Å²) >= 11 is 0. The Balaban J connectivity index is 2.18. The molecule has 0 radical (unpaired) electrons. The van der Waals surface area contributed by atoms with Crippen LogP contribution in [0.4, 0.5) is 0 Å². The summed E-state index contributed by atoms with van der Waals surface area (Å²) in [5.41, 5.74) is 12.7. The molecule has 0 heterocycles. The maximum absolute atomic E-state index is 11.6. The number of nitrogens with zero attached hydrogens (tertiary/aromatic N) is 1. The van der Waals surface area contributed by atoms with Gasteiger partial charge in [-0.3, -0.25) is 9.79 Å². The smallest absolute Gasteiger partial charge is 0.221 e. The van der Waals surface area contributed by atoms with Gasteiger partial charge in [-0.05, 0) is 32.8 Å². The molecule has 0 spiro atoms. The third-order valence-electron chi connectivity index (χ3n) is 4.13. The fourth-order valence-electron chi connectivity index (χ4n) is 2.69. The normalized spacial score (nSPS) is 24.6. The Bertz CT molecular complexity index is 618. The summed E-state index contributed by atoms with van der Waals surface area (Å²) in [4.78, 5) is 16.0. The van der Waals surface area contributed by atoms with Gasteiger partial charge < -0.3 is 16.2 Å². The van der Waals surface area contributed by atoms with Crippen LogP contribution in [0.15, 0.2) is 46.8 Å². The lowest BCUT2D eigenvalue weighted by atomic mass is 9.94. The number of carbonyl (C=O) groups excluding carboxylic acids is 1. The summed E-state index contributed by atoms with van der Waals surface area (Å²) in [6.45, 7) is 6.10. The lowest BCUT2D eigenvalue weighted by Gasteiger charge is -2.19. The van der Waals surface area contributed by atoms with E-state index in [-0.39, 0.29) is 23.3 Å².